The van der Waals surface area contributed by atoms with E-state index < -0.39 is 36.5 Å². The van der Waals surface area contributed by atoms with Gasteiger partial charge in [0.15, 0.2) is 12.4 Å². The van der Waals surface area contributed by atoms with E-state index in [0.717, 1.165) is 6.26 Å². The van der Waals surface area contributed by atoms with E-state index in [1.54, 1.807) is 0 Å². The van der Waals surface area contributed by atoms with Crippen LogP contribution in [0.4, 0.5) is 0 Å². The largest absolute Gasteiger partial charge is 0.457 e. The standard InChI is InChI=1S/C13H20O8/c1-2-19-9(14)5-3-4-6-10(15)21-8-7-20-13(18)12(17)11(8)16/h2,8,11-13,16-18H,1,3-7H2/t8-,11-,12+,13?/m0/s1. The molecule has 1 fully saturated rings. The molecular weight excluding hydrogens is 284 g/mol. The van der Waals surface area contributed by atoms with Crippen LogP contribution in [0, 0.1) is 0 Å². The Hall–Kier alpha value is -1.48. The molecule has 0 radical (unpaired) electrons. The third-order valence-electron chi connectivity index (χ3n) is 2.96. The molecule has 8 heteroatoms. The number of aliphatic hydroxyl groups is 3. The fourth-order valence-corrected chi connectivity index (χ4v) is 1.80. The zero-order valence-corrected chi connectivity index (χ0v) is 11.5. The lowest BCUT2D eigenvalue weighted by atomic mass is 10.1. The first kappa shape index (κ1) is 17.6. The minimum atomic E-state index is -1.52. The molecule has 3 N–H and O–H groups in total. The zero-order chi connectivity index (χ0) is 15.8. The summed E-state index contributed by atoms with van der Waals surface area (Å²) in [4.78, 5) is 22.6. The molecule has 1 unspecified atom stereocenters. The van der Waals surface area contributed by atoms with Gasteiger partial charge in [-0.3, -0.25) is 9.59 Å². The second-order valence-electron chi connectivity index (χ2n) is 4.60. The van der Waals surface area contributed by atoms with Crippen molar-refractivity contribution in [3.63, 3.8) is 0 Å². The fraction of sp³-hybridized carbons (Fsp3) is 0.692. The van der Waals surface area contributed by atoms with Gasteiger partial charge in [-0.2, -0.15) is 0 Å². The van der Waals surface area contributed by atoms with Gasteiger partial charge in [-0.1, -0.05) is 6.58 Å². The van der Waals surface area contributed by atoms with E-state index in [1.165, 1.54) is 0 Å². The Labute approximate surface area is 121 Å². The van der Waals surface area contributed by atoms with Crippen LogP contribution < -0.4 is 0 Å². The van der Waals surface area contributed by atoms with Crippen molar-refractivity contribution >= 4 is 11.9 Å². The molecular formula is C13H20O8. The molecule has 1 aliphatic rings. The Kier molecular flexibility index (Phi) is 7.30. The molecule has 0 aliphatic carbocycles. The summed E-state index contributed by atoms with van der Waals surface area (Å²) in [6, 6.07) is 0. The second kappa shape index (κ2) is 8.73. The van der Waals surface area contributed by atoms with Crippen LogP contribution in [0.15, 0.2) is 12.8 Å². The number of ether oxygens (including phenoxy) is 3. The normalized spacial score (nSPS) is 28.7. The first-order valence-electron chi connectivity index (χ1n) is 6.61. The maximum atomic E-state index is 11.6. The number of carbonyl (C=O) groups is 2. The van der Waals surface area contributed by atoms with Crippen LogP contribution >= 0.6 is 0 Å². The van der Waals surface area contributed by atoms with Crippen LogP contribution in [0.3, 0.4) is 0 Å². The summed E-state index contributed by atoms with van der Waals surface area (Å²) in [6.07, 6.45) is -3.31. The van der Waals surface area contributed by atoms with Gasteiger partial charge < -0.3 is 29.5 Å². The van der Waals surface area contributed by atoms with Crippen molar-refractivity contribution in [3.8, 4) is 0 Å². The van der Waals surface area contributed by atoms with Gasteiger partial charge in [-0.25, -0.2) is 0 Å². The van der Waals surface area contributed by atoms with E-state index in [0.29, 0.717) is 12.8 Å². The molecule has 0 aromatic rings. The van der Waals surface area contributed by atoms with Gasteiger partial charge in [0, 0.05) is 12.8 Å². The van der Waals surface area contributed by atoms with Crippen LogP contribution in [-0.2, 0) is 23.8 Å². The highest BCUT2D eigenvalue weighted by Gasteiger charge is 2.39. The van der Waals surface area contributed by atoms with Crippen molar-refractivity contribution in [1.29, 1.82) is 0 Å². The van der Waals surface area contributed by atoms with E-state index in [-0.39, 0.29) is 19.4 Å². The number of hydrogen-bond donors (Lipinski definition) is 3. The highest BCUT2D eigenvalue weighted by Crippen LogP contribution is 2.17. The van der Waals surface area contributed by atoms with Crippen molar-refractivity contribution in [1.82, 2.24) is 0 Å². The summed E-state index contributed by atoms with van der Waals surface area (Å²) in [5.41, 5.74) is 0. The van der Waals surface area contributed by atoms with Crippen molar-refractivity contribution in [2.24, 2.45) is 0 Å². The number of rotatable bonds is 7. The third kappa shape index (κ3) is 5.80. The maximum absolute atomic E-state index is 11.6. The van der Waals surface area contributed by atoms with E-state index in [9.17, 15) is 19.8 Å². The molecule has 0 bridgehead atoms. The molecule has 0 amide bonds. The predicted octanol–water partition coefficient (Wildman–Crippen LogP) is -0.784. The molecule has 1 rings (SSSR count). The van der Waals surface area contributed by atoms with E-state index >= 15 is 0 Å². The van der Waals surface area contributed by atoms with Crippen LogP contribution in [0.5, 0.6) is 0 Å². The summed E-state index contributed by atoms with van der Waals surface area (Å²) < 4.78 is 14.2. The van der Waals surface area contributed by atoms with Gasteiger partial charge in [-0.15, -0.1) is 0 Å². The predicted molar refractivity (Wildman–Crippen MR) is 68.6 cm³/mol. The van der Waals surface area contributed by atoms with Gasteiger partial charge in [-0.05, 0) is 12.8 Å². The minimum Gasteiger partial charge on any atom is -0.457 e. The SMILES string of the molecule is C=COC(=O)CCCCC(=O)O[C@H]1COC(O)[C@H](O)[C@H]1O. The first-order valence-corrected chi connectivity index (χ1v) is 6.61. The minimum absolute atomic E-state index is 0.0588. The topological polar surface area (TPSA) is 123 Å². The maximum Gasteiger partial charge on any atom is 0.310 e. The number of esters is 2. The Morgan fingerprint density at radius 2 is 1.76 bits per heavy atom. The summed E-state index contributed by atoms with van der Waals surface area (Å²) in [7, 11) is 0. The van der Waals surface area contributed by atoms with Gasteiger partial charge in [0.05, 0.1) is 12.9 Å². The number of carbonyl (C=O) groups excluding carboxylic acids is 2. The molecule has 1 heterocycles. The number of hydrogen-bond acceptors (Lipinski definition) is 8. The zero-order valence-electron chi connectivity index (χ0n) is 11.5. The van der Waals surface area contributed by atoms with Crippen LogP contribution in [0.2, 0.25) is 0 Å². The van der Waals surface area contributed by atoms with E-state index in [1.807, 2.05) is 0 Å². The highest BCUT2D eigenvalue weighted by atomic mass is 16.6. The van der Waals surface area contributed by atoms with Crippen molar-refractivity contribution in [3.05, 3.63) is 12.8 Å². The van der Waals surface area contributed by atoms with Crippen molar-refractivity contribution in [2.75, 3.05) is 6.61 Å². The Balaban J connectivity index is 2.21. The lowest BCUT2D eigenvalue weighted by Gasteiger charge is -2.34. The van der Waals surface area contributed by atoms with Gasteiger partial charge in [0.2, 0.25) is 0 Å². The Morgan fingerprint density at radius 3 is 2.38 bits per heavy atom. The molecule has 1 aliphatic heterocycles. The fourth-order valence-electron chi connectivity index (χ4n) is 1.80. The smallest absolute Gasteiger partial charge is 0.310 e. The number of unbranched alkanes of at least 4 members (excludes halogenated alkanes) is 1. The lowest BCUT2D eigenvalue weighted by molar-refractivity contribution is -0.257. The van der Waals surface area contributed by atoms with Crippen LogP contribution in [0.25, 0.3) is 0 Å². The molecule has 120 valence electrons. The first-order chi connectivity index (χ1) is 9.95. The van der Waals surface area contributed by atoms with E-state index in [2.05, 4.69) is 11.3 Å². The molecule has 4 atom stereocenters. The summed E-state index contributed by atoms with van der Waals surface area (Å²) in [5.74, 6) is -1.00. The second-order valence-corrected chi connectivity index (χ2v) is 4.60. The van der Waals surface area contributed by atoms with Crippen LogP contribution in [-0.4, -0.2) is 58.5 Å². The monoisotopic (exact) mass is 304 g/mol. The highest BCUT2D eigenvalue weighted by molar-refractivity contribution is 5.71. The quantitative estimate of drug-likeness (QED) is 0.318. The van der Waals surface area contributed by atoms with Crippen molar-refractivity contribution < 1.29 is 39.1 Å². The van der Waals surface area contributed by atoms with Crippen LogP contribution in [0.1, 0.15) is 25.7 Å². The molecule has 1 saturated heterocycles. The third-order valence-corrected chi connectivity index (χ3v) is 2.96. The molecule has 21 heavy (non-hydrogen) atoms. The molecule has 8 nitrogen and oxygen atoms in total. The van der Waals surface area contributed by atoms with Gasteiger partial charge in [0.25, 0.3) is 0 Å². The Bertz CT molecular complexity index is 369. The molecule has 0 aromatic heterocycles. The van der Waals surface area contributed by atoms with Crippen molar-refractivity contribution in [2.45, 2.75) is 50.3 Å². The molecule has 0 saturated carbocycles. The number of aliphatic hydroxyl groups excluding tert-OH is 3. The molecule has 0 aromatic carbocycles. The lowest BCUT2D eigenvalue weighted by Crippen LogP contribution is -2.54. The average molecular weight is 304 g/mol. The summed E-state index contributed by atoms with van der Waals surface area (Å²) in [6.45, 7) is 3.05. The summed E-state index contributed by atoms with van der Waals surface area (Å²) in [5, 5.41) is 28.1. The van der Waals surface area contributed by atoms with Gasteiger partial charge in [0.1, 0.15) is 12.2 Å². The van der Waals surface area contributed by atoms with E-state index in [4.69, 9.17) is 14.6 Å². The average Bonchev–Trinajstić information content (AvgIpc) is 2.45. The van der Waals surface area contributed by atoms with Gasteiger partial charge >= 0.3 is 11.9 Å². The molecule has 0 spiro atoms. The Morgan fingerprint density at radius 1 is 1.14 bits per heavy atom. The summed E-state index contributed by atoms with van der Waals surface area (Å²) >= 11 is 0.